The summed E-state index contributed by atoms with van der Waals surface area (Å²) < 4.78 is 0. The van der Waals surface area contributed by atoms with Crippen LogP contribution in [-0.2, 0) is 4.79 Å². The Morgan fingerprint density at radius 1 is 1.25 bits per heavy atom. The Labute approximate surface area is 122 Å². The summed E-state index contributed by atoms with van der Waals surface area (Å²) >= 11 is 0. The molecule has 0 radical (unpaired) electrons. The fourth-order valence-corrected chi connectivity index (χ4v) is 4.59. The number of aryl methyl sites for hydroxylation is 1. The highest BCUT2D eigenvalue weighted by Gasteiger charge is 2.65. The van der Waals surface area contributed by atoms with Crippen molar-refractivity contribution in [3.8, 4) is 0 Å². The Morgan fingerprint density at radius 3 is 2.45 bits per heavy atom. The number of carbonyl (C=O) groups excluding carboxylic acids is 1. The van der Waals surface area contributed by atoms with Crippen LogP contribution in [-0.4, -0.2) is 5.78 Å². The number of benzene rings is 1. The molecule has 20 heavy (non-hydrogen) atoms. The van der Waals surface area contributed by atoms with Crippen molar-refractivity contribution in [2.45, 2.75) is 47.0 Å². The predicted octanol–water partition coefficient (Wildman–Crippen LogP) is 4.79. The first-order chi connectivity index (χ1) is 9.42. The van der Waals surface area contributed by atoms with Crippen LogP contribution in [0.3, 0.4) is 0 Å². The molecule has 0 N–H and O–H groups in total. The molecule has 3 rings (SSSR count). The third kappa shape index (κ3) is 1.58. The highest BCUT2D eigenvalue weighted by Crippen LogP contribution is 2.67. The predicted molar refractivity (Wildman–Crippen MR) is 83.4 cm³/mol. The second-order valence-electron chi connectivity index (χ2n) is 7.09. The van der Waals surface area contributed by atoms with Crippen LogP contribution in [0, 0.1) is 23.7 Å². The molecule has 0 saturated heterocycles. The molecule has 1 aromatic carbocycles. The topological polar surface area (TPSA) is 17.1 Å². The van der Waals surface area contributed by atoms with Crippen molar-refractivity contribution in [1.29, 1.82) is 0 Å². The lowest BCUT2D eigenvalue weighted by Gasteiger charge is -2.34. The van der Waals surface area contributed by atoms with Crippen molar-refractivity contribution < 1.29 is 4.79 Å². The lowest BCUT2D eigenvalue weighted by atomic mass is 9.67. The van der Waals surface area contributed by atoms with Gasteiger partial charge in [0.1, 0.15) is 0 Å². The van der Waals surface area contributed by atoms with Crippen LogP contribution in [0.25, 0.3) is 6.08 Å². The van der Waals surface area contributed by atoms with Crippen LogP contribution in [0.5, 0.6) is 0 Å². The second kappa shape index (κ2) is 4.31. The summed E-state index contributed by atoms with van der Waals surface area (Å²) in [5.41, 5.74) is 3.51. The molecule has 2 aliphatic carbocycles. The maximum atomic E-state index is 12.9. The first-order valence-electron chi connectivity index (χ1n) is 7.75. The fourth-order valence-electron chi connectivity index (χ4n) is 4.59. The molecule has 1 nitrogen and oxygen atoms in total. The minimum atomic E-state index is -0.103. The highest BCUT2D eigenvalue weighted by molar-refractivity contribution is 6.08. The lowest BCUT2D eigenvalue weighted by Crippen LogP contribution is -2.35. The molecular weight excluding hydrogens is 244 g/mol. The van der Waals surface area contributed by atoms with E-state index in [-0.39, 0.29) is 10.8 Å². The van der Waals surface area contributed by atoms with E-state index in [1.807, 2.05) is 0 Å². The van der Waals surface area contributed by atoms with Crippen LogP contribution < -0.4 is 0 Å². The molecule has 0 heterocycles. The van der Waals surface area contributed by atoms with Crippen LogP contribution in [0.15, 0.2) is 29.8 Å². The number of carbonyl (C=O) groups is 1. The van der Waals surface area contributed by atoms with Gasteiger partial charge in [0.05, 0.1) is 0 Å². The first kappa shape index (κ1) is 13.6. The van der Waals surface area contributed by atoms with Gasteiger partial charge in [-0.3, -0.25) is 4.79 Å². The van der Waals surface area contributed by atoms with Crippen LogP contribution in [0.2, 0.25) is 0 Å². The van der Waals surface area contributed by atoms with Gasteiger partial charge in [-0.25, -0.2) is 0 Å². The Kier molecular flexibility index (Phi) is 2.93. The van der Waals surface area contributed by atoms with Crippen molar-refractivity contribution >= 4 is 11.9 Å². The minimum Gasteiger partial charge on any atom is -0.294 e. The Morgan fingerprint density at radius 2 is 1.90 bits per heavy atom. The zero-order valence-electron chi connectivity index (χ0n) is 13.0. The number of hydrogen-bond acceptors (Lipinski definition) is 1. The average molecular weight is 268 g/mol. The molecule has 0 amide bonds. The van der Waals surface area contributed by atoms with Crippen LogP contribution in [0.4, 0.5) is 0 Å². The molecular formula is C19H24O. The van der Waals surface area contributed by atoms with Gasteiger partial charge in [0.25, 0.3) is 0 Å². The fraction of sp³-hybridized carbons (Fsp3) is 0.526. The maximum absolute atomic E-state index is 12.9. The number of fused-ring (bicyclic) bond motifs is 2. The summed E-state index contributed by atoms with van der Waals surface area (Å²) in [5.74, 6) is 0.859. The van der Waals surface area contributed by atoms with Crippen molar-refractivity contribution in [1.82, 2.24) is 0 Å². The van der Waals surface area contributed by atoms with Crippen molar-refractivity contribution in [2.75, 3.05) is 0 Å². The quantitative estimate of drug-likeness (QED) is 0.704. The molecule has 2 fully saturated rings. The van der Waals surface area contributed by atoms with E-state index in [2.05, 4.69) is 58.0 Å². The summed E-state index contributed by atoms with van der Waals surface area (Å²) in [6.07, 6.45) is 5.36. The zero-order chi connectivity index (χ0) is 14.5. The Hall–Kier alpha value is -1.37. The molecule has 1 aromatic rings. The monoisotopic (exact) mass is 268 g/mol. The second-order valence-corrected chi connectivity index (χ2v) is 7.09. The molecule has 2 atom stereocenters. The van der Waals surface area contributed by atoms with Gasteiger partial charge in [-0.15, -0.1) is 0 Å². The molecule has 2 bridgehead atoms. The van der Waals surface area contributed by atoms with E-state index < -0.39 is 0 Å². The van der Waals surface area contributed by atoms with Crippen molar-refractivity contribution in [3.05, 3.63) is 41.0 Å². The number of hydrogen-bond donors (Lipinski definition) is 0. The Balaban J connectivity index is 2.05. The highest BCUT2D eigenvalue weighted by atomic mass is 16.1. The molecule has 2 saturated carbocycles. The van der Waals surface area contributed by atoms with Gasteiger partial charge in [0.2, 0.25) is 0 Å². The van der Waals surface area contributed by atoms with Gasteiger partial charge in [0, 0.05) is 5.41 Å². The van der Waals surface area contributed by atoms with E-state index in [4.69, 9.17) is 0 Å². The number of ketones is 1. The van der Waals surface area contributed by atoms with E-state index in [0.717, 1.165) is 24.0 Å². The van der Waals surface area contributed by atoms with Gasteiger partial charge < -0.3 is 0 Å². The number of rotatable bonds is 2. The van der Waals surface area contributed by atoms with Crippen LogP contribution in [0.1, 0.15) is 51.2 Å². The average Bonchev–Trinajstić information content (AvgIpc) is 2.76. The number of Topliss-reactive ketones (excluding diaryl/α,β-unsaturated/α-hetero) is 1. The maximum Gasteiger partial charge on any atom is 0.165 e. The molecule has 106 valence electrons. The smallest absolute Gasteiger partial charge is 0.165 e. The summed E-state index contributed by atoms with van der Waals surface area (Å²) in [5, 5.41) is 0. The van der Waals surface area contributed by atoms with Gasteiger partial charge >= 0.3 is 0 Å². The summed E-state index contributed by atoms with van der Waals surface area (Å²) in [7, 11) is 0. The molecule has 0 aliphatic heterocycles. The van der Waals surface area contributed by atoms with E-state index in [1.165, 1.54) is 12.0 Å². The third-order valence-electron chi connectivity index (χ3n) is 6.04. The first-order valence-corrected chi connectivity index (χ1v) is 7.75. The molecule has 0 spiro atoms. The van der Waals surface area contributed by atoms with Gasteiger partial charge in [0.15, 0.2) is 5.78 Å². The summed E-state index contributed by atoms with van der Waals surface area (Å²) in [6, 6.07) is 8.47. The van der Waals surface area contributed by atoms with Crippen molar-refractivity contribution in [2.24, 2.45) is 16.7 Å². The van der Waals surface area contributed by atoms with Gasteiger partial charge in [-0.05, 0) is 54.7 Å². The van der Waals surface area contributed by atoms with Gasteiger partial charge in [-0.1, -0.05) is 50.6 Å². The molecule has 1 heteroatoms. The standard InChI is InChI=1S/C19H24O/c1-5-19-11-10-16(18(19,3)4)15(17(19)20)12-14-8-6-13(2)7-9-14/h6-9,12,16H,5,10-11H2,1-4H3/b15-12+. The van der Waals surface area contributed by atoms with E-state index in [0.29, 0.717) is 11.7 Å². The van der Waals surface area contributed by atoms with E-state index >= 15 is 0 Å². The normalized spacial score (nSPS) is 33.1. The largest absolute Gasteiger partial charge is 0.294 e. The summed E-state index contributed by atoms with van der Waals surface area (Å²) in [6.45, 7) is 8.86. The number of allylic oxidation sites excluding steroid dienone is 1. The lowest BCUT2D eigenvalue weighted by molar-refractivity contribution is -0.126. The van der Waals surface area contributed by atoms with Crippen LogP contribution >= 0.6 is 0 Å². The van der Waals surface area contributed by atoms with E-state index in [9.17, 15) is 4.79 Å². The SMILES string of the molecule is CCC12CCC(/C(=C\c3ccc(C)cc3)C1=O)C2(C)C. The third-order valence-corrected chi connectivity index (χ3v) is 6.04. The summed E-state index contributed by atoms with van der Waals surface area (Å²) in [4.78, 5) is 12.9. The van der Waals surface area contributed by atoms with Gasteiger partial charge in [-0.2, -0.15) is 0 Å². The van der Waals surface area contributed by atoms with E-state index in [1.54, 1.807) is 0 Å². The molecule has 0 aromatic heterocycles. The minimum absolute atomic E-state index is 0.103. The molecule has 2 aliphatic rings. The zero-order valence-corrected chi connectivity index (χ0v) is 13.0. The Bertz CT molecular complexity index is 576. The molecule has 2 unspecified atom stereocenters. The van der Waals surface area contributed by atoms with Crippen molar-refractivity contribution in [3.63, 3.8) is 0 Å².